The van der Waals surface area contributed by atoms with Crippen molar-refractivity contribution in [1.29, 1.82) is 0 Å². The Kier molecular flexibility index (Phi) is 4.52. The van der Waals surface area contributed by atoms with Crippen molar-refractivity contribution in [2.24, 2.45) is 0 Å². The first-order valence-electron chi connectivity index (χ1n) is 6.56. The van der Waals surface area contributed by atoms with E-state index in [-0.39, 0.29) is 6.04 Å². The molecule has 5 nitrogen and oxygen atoms in total. The van der Waals surface area contributed by atoms with E-state index in [2.05, 4.69) is 29.2 Å². The molecule has 0 bridgehead atoms. The molecule has 0 aliphatic carbocycles. The summed E-state index contributed by atoms with van der Waals surface area (Å²) < 4.78 is 7.59. The van der Waals surface area contributed by atoms with Crippen molar-refractivity contribution in [2.75, 3.05) is 7.05 Å². The lowest BCUT2D eigenvalue weighted by molar-refractivity contribution is 0.459. The number of hydrogen-bond acceptors (Lipinski definition) is 4. The molecule has 0 aliphatic heterocycles. The van der Waals surface area contributed by atoms with Crippen molar-refractivity contribution in [3.63, 3.8) is 0 Å². The molecule has 0 fully saturated rings. The zero-order valence-electron chi connectivity index (χ0n) is 11.6. The molecule has 1 unspecified atom stereocenters. The number of nitrogens with zero attached hydrogens (tertiary/aromatic N) is 3. The topological polar surface area (TPSA) is 52.0 Å². The molecule has 0 amide bonds. The highest BCUT2D eigenvalue weighted by atomic mass is 16.5. The molecule has 2 rings (SSSR count). The fourth-order valence-corrected chi connectivity index (χ4v) is 1.79. The summed E-state index contributed by atoms with van der Waals surface area (Å²) >= 11 is 0. The first-order valence-corrected chi connectivity index (χ1v) is 6.56. The molecule has 0 spiro atoms. The van der Waals surface area contributed by atoms with E-state index >= 15 is 0 Å². The van der Waals surface area contributed by atoms with Gasteiger partial charge in [0.2, 0.25) is 5.88 Å². The minimum Gasteiger partial charge on any atom is -0.436 e. The monoisotopic (exact) mass is 260 g/mol. The minimum absolute atomic E-state index is 0.271. The Bertz CT molecular complexity index is 524. The summed E-state index contributed by atoms with van der Waals surface area (Å²) in [6.07, 6.45) is 6.41. The SMILES string of the molecule is CCCn1cc(Oc2cc(C(C)NC)ccn2)cn1. The quantitative estimate of drug-likeness (QED) is 0.867. The molecule has 0 saturated carbocycles. The average molecular weight is 260 g/mol. The van der Waals surface area contributed by atoms with Gasteiger partial charge in [0, 0.05) is 24.8 Å². The number of hydrogen-bond donors (Lipinski definition) is 1. The summed E-state index contributed by atoms with van der Waals surface area (Å²) in [4.78, 5) is 4.22. The van der Waals surface area contributed by atoms with Gasteiger partial charge in [-0.25, -0.2) is 4.98 Å². The summed E-state index contributed by atoms with van der Waals surface area (Å²) in [5, 5.41) is 7.42. The second-order valence-corrected chi connectivity index (χ2v) is 4.48. The second kappa shape index (κ2) is 6.33. The number of aromatic nitrogens is 3. The van der Waals surface area contributed by atoms with Gasteiger partial charge >= 0.3 is 0 Å². The Morgan fingerprint density at radius 2 is 2.32 bits per heavy atom. The number of nitrogens with one attached hydrogen (secondary N) is 1. The van der Waals surface area contributed by atoms with E-state index in [0.717, 1.165) is 24.3 Å². The molecule has 0 aromatic carbocycles. The Morgan fingerprint density at radius 3 is 3.05 bits per heavy atom. The Morgan fingerprint density at radius 1 is 1.47 bits per heavy atom. The molecule has 5 heteroatoms. The number of aryl methyl sites for hydroxylation is 1. The van der Waals surface area contributed by atoms with Crippen LogP contribution in [-0.4, -0.2) is 21.8 Å². The van der Waals surface area contributed by atoms with Crippen LogP contribution in [0.15, 0.2) is 30.7 Å². The normalized spacial score (nSPS) is 12.4. The van der Waals surface area contributed by atoms with Crippen LogP contribution in [0.2, 0.25) is 0 Å². The van der Waals surface area contributed by atoms with Crippen LogP contribution in [0, 0.1) is 0 Å². The third-order valence-corrected chi connectivity index (χ3v) is 2.98. The smallest absolute Gasteiger partial charge is 0.219 e. The van der Waals surface area contributed by atoms with Gasteiger partial charge in [0.15, 0.2) is 5.75 Å². The van der Waals surface area contributed by atoms with Crippen LogP contribution in [0.1, 0.15) is 31.9 Å². The van der Waals surface area contributed by atoms with Crippen LogP contribution < -0.4 is 10.1 Å². The lowest BCUT2D eigenvalue weighted by Gasteiger charge is -2.11. The van der Waals surface area contributed by atoms with E-state index in [0.29, 0.717) is 5.88 Å². The molecule has 2 aromatic rings. The van der Waals surface area contributed by atoms with Crippen molar-refractivity contribution in [3.8, 4) is 11.6 Å². The van der Waals surface area contributed by atoms with Crippen molar-refractivity contribution in [2.45, 2.75) is 32.9 Å². The van der Waals surface area contributed by atoms with E-state index in [1.54, 1.807) is 12.4 Å². The van der Waals surface area contributed by atoms with Crippen LogP contribution in [0.5, 0.6) is 11.6 Å². The molecule has 0 aliphatic rings. The maximum Gasteiger partial charge on any atom is 0.219 e. The molecule has 1 N–H and O–H groups in total. The number of pyridine rings is 1. The zero-order chi connectivity index (χ0) is 13.7. The molecule has 102 valence electrons. The van der Waals surface area contributed by atoms with E-state index < -0.39 is 0 Å². The Labute approximate surface area is 113 Å². The first kappa shape index (κ1) is 13.5. The van der Waals surface area contributed by atoms with Gasteiger partial charge in [-0.1, -0.05) is 6.92 Å². The third kappa shape index (κ3) is 3.54. The van der Waals surface area contributed by atoms with E-state index in [1.165, 1.54) is 0 Å². The zero-order valence-corrected chi connectivity index (χ0v) is 11.6. The molecular weight excluding hydrogens is 240 g/mol. The maximum absolute atomic E-state index is 5.72. The third-order valence-electron chi connectivity index (χ3n) is 2.98. The summed E-state index contributed by atoms with van der Waals surface area (Å²) in [5.74, 6) is 1.31. The summed E-state index contributed by atoms with van der Waals surface area (Å²) in [5.41, 5.74) is 1.15. The fourth-order valence-electron chi connectivity index (χ4n) is 1.79. The van der Waals surface area contributed by atoms with E-state index in [4.69, 9.17) is 4.74 Å². The maximum atomic E-state index is 5.72. The molecule has 19 heavy (non-hydrogen) atoms. The predicted octanol–water partition coefficient (Wildman–Crippen LogP) is 2.76. The molecule has 1 atom stereocenters. The van der Waals surface area contributed by atoms with Gasteiger partial charge in [-0.3, -0.25) is 4.68 Å². The van der Waals surface area contributed by atoms with Crippen molar-refractivity contribution < 1.29 is 4.74 Å². The van der Waals surface area contributed by atoms with Gasteiger partial charge in [-0.2, -0.15) is 5.10 Å². The Hall–Kier alpha value is -1.88. The van der Waals surface area contributed by atoms with Gasteiger partial charge in [0.25, 0.3) is 0 Å². The second-order valence-electron chi connectivity index (χ2n) is 4.48. The van der Waals surface area contributed by atoms with Crippen molar-refractivity contribution in [1.82, 2.24) is 20.1 Å². The summed E-state index contributed by atoms with van der Waals surface area (Å²) in [6.45, 7) is 5.11. The average Bonchev–Trinajstić information content (AvgIpc) is 2.86. The van der Waals surface area contributed by atoms with Gasteiger partial charge in [-0.05, 0) is 32.0 Å². The van der Waals surface area contributed by atoms with Crippen molar-refractivity contribution >= 4 is 0 Å². The fraction of sp³-hybridized carbons (Fsp3) is 0.429. The number of ether oxygens (including phenoxy) is 1. The molecule has 0 radical (unpaired) electrons. The Balaban J connectivity index is 2.09. The highest BCUT2D eigenvalue weighted by Gasteiger charge is 2.06. The van der Waals surface area contributed by atoms with Gasteiger partial charge < -0.3 is 10.1 Å². The summed E-state index contributed by atoms with van der Waals surface area (Å²) in [7, 11) is 1.93. The van der Waals surface area contributed by atoms with Crippen molar-refractivity contribution in [3.05, 3.63) is 36.3 Å². The minimum atomic E-state index is 0.271. The highest BCUT2D eigenvalue weighted by molar-refractivity contribution is 5.27. The van der Waals surface area contributed by atoms with Gasteiger partial charge in [0.05, 0.1) is 12.4 Å². The molecule has 2 heterocycles. The molecular formula is C14H20N4O. The van der Waals surface area contributed by atoms with E-state index in [1.807, 2.05) is 30.1 Å². The summed E-state index contributed by atoms with van der Waals surface area (Å²) in [6, 6.07) is 4.19. The van der Waals surface area contributed by atoms with Crippen LogP contribution in [0.4, 0.5) is 0 Å². The first-order chi connectivity index (χ1) is 9.22. The molecule has 2 aromatic heterocycles. The van der Waals surface area contributed by atoms with Gasteiger partial charge in [0.1, 0.15) is 0 Å². The van der Waals surface area contributed by atoms with Crippen LogP contribution in [-0.2, 0) is 6.54 Å². The largest absolute Gasteiger partial charge is 0.436 e. The predicted molar refractivity (Wildman–Crippen MR) is 74.3 cm³/mol. The lowest BCUT2D eigenvalue weighted by atomic mass is 10.1. The standard InChI is InChI=1S/C14H20N4O/c1-4-7-18-10-13(9-17-18)19-14-8-12(5-6-16-14)11(2)15-3/h5-6,8-11,15H,4,7H2,1-3H3. The van der Waals surface area contributed by atoms with Crippen LogP contribution in [0.25, 0.3) is 0 Å². The molecule has 0 saturated heterocycles. The van der Waals surface area contributed by atoms with Crippen LogP contribution in [0.3, 0.4) is 0 Å². The number of rotatable bonds is 6. The highest BCUT2D eigenvalue weighted by Crippen LogP contribution is 2.21. The van der Waals surface area contributed by atoms with Gasteiger partial charge in [-0.15, -0.1) is 0 Å². The van der Waals surface area contributed by atoms with Crippen LogP contribution >= 0.6 is 0 Å². The van der Waals surface area contributed by atoms with E-state index in [9.17, 15) is 0 Å². The lowest BCUT2D eigenvalue weighted by Crippen LogP contribution is -2.12.